The van der Waals surface area contributed by atoms with E-state index in [4.69, 9.17) is 9.47 Å². The number of rotatable bonds is 14. The largest absolute Gasteiger partial charge is 0.573 e. The number of guanidine groups is 1. The van der Waals surface area contributed by atoms with Crippen LogP contribution in [-0.4, -0.2) is 70.6 Å². The van der Waals surface area contributed by atoms with Gasteiger partial charge in [-0.05, 0) is 37.5 Å². The zero-order valence-corrected chi connectivity index (χ0v) is 17.5. The fourth-order valence-electron chi connectivity index (χ4n) is 2.53. The third-order valence-electron chi connectivity index (χ3n) is 3.98. The van der Waals surface area contributed by atoms with Crippen molar-refractivity contribution in [3.05, 3.63) is 29.8 Å². The van der Waals surface area contributed by atoms with Gasteiger partial charge in [0.1, 0.15) is 5.75 Å². The van der Waals surface area contributed by atoms with Gasteiger partial charge in [-0.2, -0.15) is 0 Å². The molecule has 1 rings (SSSR count). The minimum absolute atomic E-state index is 0.0863. The van der Waals surface area contributed by atoms with E-state index in [1.54, 1.807) is 19.2 Å². The van der Waals surface area contributed by atoms with Gasteiger partial charge in [-0.15, -0.1) is 13.2 Å². The summed E-state index contributed by atoms with van der Waals surface area (Å²) in [5.74, 6) is 0.212. The second-order valence-electron chi connectivity index (χ2n) is 6.55. The third kappa shape index (κ3) is 12.5. The fourth-order valence-corrected chi connectivity index (χ4v) is 2.53. The molecule has 0 amide bonds. The van der Waals surface area contributed by atoms with Gasteiger partial charge in [0.25, 0.3) is 0 Å². The molecule has 30 heavy (non-hydrogen) atoms. The zero-order valence-electron chi connectivity index (χ0n) is 17.5. The SMILES string of the molecule is CCNC(=NCC(CO)Cc1ccc(OC(F)(F)F)cc1)NCCCOCCOC. The summed E-state index contributed by atoms with van der Waals surface area (Å²) >= 11 is 0. The van der Waals surface area contributed by atoms with Gasteiger partial charge in [-0.25, -0.2) is 0 Å². The number of alkyl halides is 3. The minimum Gasteiger partial charge on any atom is -0.406 e. The average Bonchev–Trinajstić information content (AvgIpc) is 2.70. The number of hydrogen-bond donors (Lipinski definition) is 3. The molecule has 7 nitrogen and oxygen atoms in total. The van der Waals surface area contributed by atoms with Crippen LogP contribution in [-0.2, 0) is 15.9 Å². The van der Waals surface area contributed by atoms with Gasteiger partial charge in [-0.3, -0.25) is 4.99 Å². The molecule has 1 aromatic rings. The van der Waals surface area contributed by atoms with Crippen LogP contribution in [0.2, 0.25) is 0 Å². The Kier molecular flexibility index (Phi) is 12.9. The second kappa shape index (κ2) is 14.9. The monoisotopic (exact) mass is 435 g/mol. The quantitative estimate of drug-likeness (QED) is 0.236. The van der Waals surface area contributed by atoms with E-state index in [9.17, 15) is 18.3 Å². The van der Waals surface area contributed by atoms with Gasteiger partial charge in [0.2, 0.25) is 0 Å². The Morgan fingerprint density at radius 3 is 2.47 bits per heavy atom. The van der Waals surface area contributed by atoms with Crippen molar-refractivity contribution >= 4 is 5.96 Å². The van der Waals surface area contributed by atoms with Gasteiger partial charge >= 0.3 is 6.36 Å². The molecule has 0 fully saturated rings. The van der Waals surface area contributed by atoms with E-state index in [0.29, 0.717) is 51.8 Å². The normalized spacial score (nSPS) is 13.2. The Balaban J connectivity index is 2.47. The topological polar surface area (TPSA) is 84.3 Å². The highest BCUT2D eigenvalue weighted by molar-refractivity contribution is 5.79. The van der Waals surface area contributed by atoms with Crippen LogP contribution in [0, 0.1) is 5.92 Å². The van der Waals surface area contributed by atoms with Gasteiger partial charge in [0.15, 0.2) is 5.96 Å². The van der Waals surface area contributed by atoms with E-state index in [1.807, 2.05) is 6.92 Å². The number of aliphatic imine (C=N–C) groups is 1. The number of aliphatic hydroxyl groups is 1. The minimum atomic E-state index is -4.71. The maximum atomic E-state index is 12.2. The maximum absolute atomic E-state index is 12.2. The number of benzene rings is 1. The lowest BCUT2D eigenvalue weighted by Crippen LogP contribution is -2.38. The summed E-state index contributed by atoms with van der Waals surface area (Å²) in [7, 11) is 1.63. The molecule has 0 bridgehead atoms. The van der Waals surface area contributed by atoms with Gasteiger partial charge in [0.05, 0.1) is 13.2 Å². The molecule has 3 N–H and O–H groups in total. The van der Waals surface area contributed by atoms with Crippen LogP contribution >= 0.6 is 0 Å². The number of nitrogens with zero attached hydrogens (tertiary/aromatic N) is 1. The highest BCUT2D eigenvalue weighted by Crippen LogP contribution is 2.23. The lowest BCUT2D eigenvalue weighted by Gasteiger charge is -2.15. The van der Waals surface area contributed by atoms with Crippen molar-refractivity contribution in [2.45, 2.75) is 26.1 Å². The number of nitrogens with one attached hydrogen (secondary N) is 2. The Labute approximate surface area is 175 Å². The Bertz CT molecular complexity index is 598. The molecule has 10 heteroatoms. The van der Waals surface area contributed by atoms with Crippen LogP contribution in [0.1, 0.15) is 18.9 Å². The molecule has 0 saturated heterocycles. The Morgan fingerprint density at radius 1 is 1.13 bits per heavy atom. The summed E-state index contributed by atoms with van der Waals surface area (Å²) in [6.45, 7) is 5.37. The summed E-state index contributed by atoms with van der Waals surface area (Å²) in [5.41, 5.74) is 0.796. The summed E-state index contributed by atoms with van der Waals surface area (Å²) in [4.78, 5) is 4.49. The van der Waals surface area contributed by atoms with Crippen molar-refractivity contribution in [1.82, 2.24) is 10.6 Å². The van der Waals surface area contributed by atoms with Gasteiger partial charge < -0.3 is 30.0 Å². The van der Waals surface area contributed by atoms with Gasteiger partial charge in [-0.1, -0.05) is 12.1 Å². The molecule has 0 aromatic heterocycles. The van der Waals surface area contributed by atoms with Crippen molar-refractivity contribution < 1.29 is 32.5 Å². The predicted molar refractivity (Wildman–Crippen MR) is 109 cm³/mol. The van der Waals surface area contributed by atoms with E-state index >= 15 is 0 Å². The standard InChI is InChI=1S/C20H32F3N3O4/c1-3-24-19(25-9-4-10-29-12-11-28-2)26-14-17(15-27)13-16-5-7-18(8-6-16)30-20(21,22)23/h5-8,17,27H,3-4,9-15H2,1-2H3,(H2,24,25,26). The molecule has 0 spiro atoms. The molecule has 0 heterocycles. The van der Waals surface area contributed by atoms with Crippen LogP contribution in [0.5, 0.6) is 5.75 Å². The lowest BCUT2D eigenvalue weighted by atomic mass is 10.0. The lowest BCUT2D eigenvalue weighted by molar-refractivity contribution is -0.274. The first-order valence-electron chi connectivity index (χ1n) is 9.92. The molecule has 172 valence electrons. The summed E-state index contributed by atoms with van der Waals surface area (Å²) in [6, 6.07) is 5.64. The van der Waals surface area contributed by atoms with Crippen molar-refractivity contribution in [2.24, 2.45) is 10.9 Å². The van der Waals surface area contributed by atoms with Crippen LogP contribution in [0.15, 0.2) is 29.3 Å². The zero-order chi connectivity index (χ0) is 22.2. The molecule has 0 aliphatic carbocycles. The molecule has 1 atom stereocenters. The Hall–Kier alpha value is -2.04. The number of ether oxygens (including phenoxy) is 3. The van der Waals surface area contributed by atoms with Crippen LogP contribution in [0.3, 0.4) is 0 Å². The summed E-state index contributed by atoms with van der Waals surface area (Å²) in [6.07, 6.45) is -3.42. The first-order chi connectivity index (χ1) is 14.4. The molecule has 0 radical (unpaired) electrons. The van der Waals surface area contributed by atoms with Gasteiger partial charge in [0, 0.05) is 45.9 Å². The van der Waals surface area contributed by atoms with Crippen molar-refractivity contribution in [3.8, 4) is 5.75 Å². The van der Waals surface area contributed by atoms with Crippen molar-refractivity contribution in [2.75, 3.05) is 53.2 Å². The van der Waals surface area contributed by atoms with Crippen LogP contribution in [0.4, 0.5) is 13.2 Å². The third-order valence-corrected chi connectivity index (χ3v) is 3.98. The Morgan fingerprint density at radius 2 is 1.87 bits per heavy atom. The summed E-state index contributed by atoms with van der Waals surface area (Å²) in [5, 5.41) is 16.0. The maximum Gasteiger partial charge on any atom is 0.573 e. The number of halogens is 3. The first kappa shape index (κ1) is 26.0. The second-order valence-corrected chi connectivity index (χ2v) is 6.55. The first-order valence-corrected chi connectivity index (χ1v) is 9.92. The van der Waals surface area contributed by atoms with Crippen LogP contribution < -0.4 is 15.4 Å². The molecule has 1 aromatic carbocycles. The smallest absolute Gasteiger partial charge is 0.406 e. The summed E-state index contributed by atoms with van der Waals surface area (Å²) < 4.78 is 50.9. The average molecular weight is 435 g/mol. The molecular weight excluding hydrogens is 403 g/mol. The molecule has 0 aliphatic heterocycles. The van der Waals surface area contributed by atoms with E-state index in [2.05, 4.69) is 20.4 Å². The van der Waals surface area contributed by atoms with E-state index in [-0.39, 0.29) is 18.3 Å². The van der Waals surface area contributed by atoms with Crippen molar-refractivity contribution in [1.29, 1.82) is 0 Å². The fraction of sp³-hybridized carbons (Fsp3) is 0.650. The van der Waals surface area contributed by atoms with E-state index in [1.165, 1.54) is 12.1 Å². The highest BCUT2D eigenvalue weighted by Gasteiger charge is 2.30. The molecule has 0 aliphatic rings. The highest BCUT2D eigenvalue weighted by atomic mass is 19.4. The van der Waals surface area contributed by atoms with Crippen molar-refractivity contribution in [3.63, 3.8) is 0 Å². The predicted octanol–water partition coefficient (Wildman–Crippen LogP) is 2.34. The number of hydrogen-bond acceptors (Lipinski definition) is 5. The van der Waals surface area contributed by atoms with E-state index < -0.39 is 6.36 Å². The number of methoxy groups -OCH3 is 1. The van der Waals surface area contributed by atoms with Crippen LogP contribution in [0.25, 0.3) is 0 Å². The van der Waals surface area contributed by atoms with E-state index in [0.717, 1.165) is 12.0 Å². The molecular formula is C20H32F3N3O4. The number of aliphatic hydroxyl groups excluding tert-OH is 1. The molecule has 1 unspecified atom stereocenters. The molecule has 0 saturated carbocycles.